The summed E-state index contributed by atoms with van der Waals surface area (Å²) in [4.78, 5) is 33.2. The summed E-state index contributed by atoms with van der Waals surface area (Å²) in [5, 5.41) is 12.3. The number of aryl methyl sites for hydroxylation is 2. The average Bonchev–Trinajstić information content (AvgIpc) is 3.40. The molecule has 1 unspecified atom stereocenters. The van der Waals surface area contributed by atoms with Crippen LogP contribution in [0.5, 0.6) is 0 Å². The molecular formula is C25H28N6O2. The number of aromatic amines is 1. The number of fused-ring (bicyclic) bond motifs is 2. The van der Waals surface area contributed by atoms with Crippen molar-refractivity contribution in [3.05, 3.63) is 60.3 Å². The van der Waals surface area contributed by atoms with Gasteiger partial charge in [0.2, 0.25) is 5.91 Å². The highest BCUT2D eigenvalue weighted by Crippen LogP contribution is 2.32. The second-order valence-electron chi connectivity index (χ2n) is 9.02. The van der Waals surface area contributed by atoms with Crippen molar-refractivity contribution in [3.8, 4) is 0 Å². The Labute approximate surface area is 192 Å². The molecule has 4 heterocycles. The van der Waals surface area contributed by atoms with Crippen molar-refractivity contribution in [1.29, 1.82) is 0 Å². The lowest BCUT2D eigenvalue weighted by molar-refractivity contribution is -0.132. The average molecular weight is 445 g/mol. The number of hydrogen-bond donors (Lipinski definition) is 2. The fraction of sp³-hybridized carbons (Fsp3) is 0.360. The van der Waals surface area contributed by atoms with E-state index < -0.39 is 5.60 Å². The summed E-state index contributed by atoms with van der Waals surface area (Å²) in [6.45, 7) is 3.44. The number of amides is 1. The van der Waals surface area contributed by atoms with Gasteiger partial charge in [0.25, 0.3) is 0 Å². The lowest BCUT2D eigenvalue weighted by atomic mass is 10.0. The molecule has 4 aromatic rings. The monoisotopic (exact) mass is 444 g/mol. The molecule has 1 aliphatic rings. The Hall–Kier alpha value is -3.52. The molecule has 0 spiro atoms. The third-order valence-corrected chi connectivity index (χ3v) is 6.36. The number of imidazole rings is 1. The lowest BCUT2D eigenvalue weighted by Gasteiger charge is -2.29. The largest absolute Gasteiger partial charge is 0.386 e. The SMILES string of the molecule is Cc1cc(N2CCC(O)(CN(C)C(=O)CCc3nc4ccccc4[nH]3)C2)c2cnccc2n1. The fourth-order valence-corrected chi connectivity index (χ4v) is 4.70. The van der Waals surface area contributed by atoms with Gasteiger partial charge in [0.05, 0.1) is 23.1 Å². The highest BCUT2D eigenvalue weighted by atomic mass is 16.3. The number of para-hydroxylation sites is 2. The number of rotatable bonds is 6. The van der Waals surface area contributed by atoms with Gasteiger partial charge in [-0.3, -0.25) is 14.8 Å². The van der Waals surface area contributed by atoms with Gasteiger partial charge in [0.15, 0.2) is 0 Å². The van der Waals surface area contributed by atoms with E-state index in [2.05, 4.69) is 24.8 Å². The van der Waals surface area contributed by atoms with E-state index in [1.165, 1.54) is 0 Å². The van der Waals surface area contributed by atoms with Crippen molar-refractivity contribution >= 4 is 33.5 Å². The number of nitrogens with one attached hydrogen (secondary N) is 1. The summed E-state index contributed by atoms with van der Waals surface area (Å²) in [5.74, 6) is 0.800. The summed E-state index contributed by atoms with van der Waals surface area (Å²) >= 11 is 0. The number of β-amino-alcohol motifs (C(OH)–C–C–N with tert-alkyl or cyclic N) is 1. The fourth-order valence-electron chi connectivity index (χ4n) is 4.70. The summed E-state index contributed by atoms with van der Waals surface area (Å²) in [5.41, 5.74) is 3.77. The van der Waals surface area contributed by atoms with Crippen molar-refractivity contribution in [2.75, 3.05) is 31.6 Å². The standard InChI is InChI=1S/C25H28N6O2/c1-17-13-22(18-14-26-11-9-19(18)27-17)31-12-10-25(33,16-31)15-30(2)24(32)8-7-23-28-20-5-3-4-6-21(20)29-23/h3-6,9,11,13-14,33H,7-8,10,12,15-16H2,1-2H3,(H,28,29). The van der Waals surface area contributed by atoms with Crippen molar-refractivity contribution in [2.24, 2.45) is 0 Å². The Kier molecular flexibility index (Phi) is 5.46. The van der Waals surface area contributed by atoms with Gasteiger partial charge in [-0.05, 0) is 37.6 Å². The number of aliphatic hydroxyl groups is 1. The maximum atomic E-state index is 12.8. The number of aromatic nitrogens is 4. The Balaban J connectivity index is 1.22. The van der Waals surface area contributed by atoms with Crippen molar-refractivity contribution in [1.82, 2.24) is 24.8 Å². The lowest BCUT2D eigenvalue weighted by Crippen LogP contribution is -2.46. The van der Waals surface area contributed by atoms with Gasteiger partial charge < -0.3 is 19.9 Å². The molecule has 1 atom stereocenters. The summed E-state index contributed by atoms with van der Waals surface area (Å²) in [6.07, 6.45) is 5.04. The zero-order valence-corrected chi connectivity index (χ0v) is 19.0. The molecule has 2 N–H and O–H groups in total. The molecular weight excluding hydrogens is 416 g/mol. The quantitative estimate of drug-likeness (QED) is 0.475. The smallest absolute Gasteiger partial charge is 0.222 e. The van der Waals surface area contributed by atoms with Gasteiger partial charge in [0, 0.05) is 62.1 Å². The first kappa shape index (κ1) is 21.3. The molecule has 0 radical (unpaired) electrons. The highest BCUT2D eigenvalue weighted by molar-refractivity contribution is 5.91. The second-order valence-corrected chi connectivity index (χ2v) is 9.02. The van der Waals surface area contributed by atoms with Crippen LogP contribution in [0.25, 0.3) is 21.9 Å². The number of carbonyl (C=O) groups is 1. The number of anilines is 1. The van der Waals surface area contributed by atoms with Gasteiger partial charge in [-0.15, -0.1) is 0 Å². The third kappa shape index (κ3) is 4.39. The Morgan fingerprint density at radius 2 is 2.09 bits per heavy atom. The summed E-state index contributed by atoms with van der Waals surface area (Å²) < 4.78 is 0. The van der Waals surface area contributed by atoms with Crippen LogP contribution in [0, 0.1) is 6.92 Å². The first-order valence-corrected chi connectivity index (χ1v) is 11.3. The normalized spacial score (nSPS) is 18.3. The molecule has 0 saturated carbocycles. The van der Waals surface area contributed by atoms with E-state index in [4.69, 9.17) is 0 Å². The predicted octanol–water partition coefficient (Wildman–Crippen LogP) is 2.85. The van der Waals surface area contributed by atoms with Gasteiger partial charge in [-0.1, -0.05) is 12.1 Å². The van der Waals surface area contributed by atoms with Crippen LogP contribution in [0.15, 0.2) is 48.8 Å². The zero-order chi connectivity index (χ0) is 23.0. The van der Waals surface area contributed by atoms with Crippen LogP contribution in [0.4, 0.5) is 5.69 Å². The van der Waals surface area contributed by atoms with Crippen LogP contribution in [0.3, 0.4) is 0 Å². The second kappa shape index (κ2) is 8.44. The number of pyridine rings is 2. The minimum Gasteiger partial charge on any atom is -0.386 e. The number of nitrogens with zero attached hydrogens (tertiary/aromatic N) is 5. The van der Waals surface area contributed by atoms with Gasteiger partial charge >= 0.3 is 0 Å². The van der Waals surface area contributed by atoms with Crippen molar-refractivity contribution in [3.63, 3.8) is 0 Å². The van der Waals surface area contributed by atoms with E-state index >= 15 is 0 Å². The van der Waals surface area contributed by atoms with Crippen LogP contribution in [-0.2, 0) is 11.2 Å². The minimum absolute atomic E-state index is 0.00302. The molecule has 1 aromatic carbocycles. The van der Waals surface area contributed by atoms with E-state index in [9.17, 15) is 9.90 Å². The number of H-pyrrole nitrogens is 1. The van der Waals surface area contributed by atoms with Gasteiger partial charge in [-0.2, -0.15) is 0 Å². The molecule has 33 heavy (non-hydrogen) atoms. The molecule has 0 aliphatic carbocycles. The van der Waals surface area contributed by atoms with Crippen LogP contribution in [-0.4, -0.2) is 68.1 Å². The van der Waals surface area contributed by atoms with Crippen molar-refractivity contribution in [2.45, 2.75) is 31.8 Å². The van der Waals surface area contributed by atoms with E-state index in [1.807, 2.05) is 49.5 Å². The molecule has 5 rings (SSSR count). The molecule has 3 aromatic heterocycles. The van der Waals surface area contributed by atoms with Crippen LogP contribution >= 0.6 is 0 Å². The molecule has 1 aliphatic heterocycles. The Morgan fingerprint density at radius 1 is 1.24 bits per heavy atom. The highest BCUT2D eigenvalue weighted by Gasteiger charge is 2.38. The molecule has 1 amide bonds. The molecule has 0 bridgehead atoms. The van der Waals surface area contributed by atoms with Crippen molar-refractivity contribution < 1.29 is 9.90 Å². The van der Waals surface area contributed by atoms with Crippen LogP contribution in [0.2, 0.25) is 0 Å². The van der Waals surface area contributed by atoms with Gasteiger partial charge in [0.1, 0.15) is 11.4 Å². The summed E-state index contributed by atoms with van der Waals surface area (Å²) in [7, 11) is 1.76. The van der Waals surface area contributed by atoms with Crippen LogP contribution in [0.1, 0.15) is 24.4 Å². The zero-order valence-electron chi connectivity index (χ0n) is 19.0. The molecule has 8 nitrogen and oxygen atoms in total. The molecule has 1 saturated heterocycles. The maximum absolute atomic E-state index is 12.8. The Morgan fingerprint density at radius 3 is 2.94 bits per heavy atom. The number of hydrogen-bond acceptors (Lipinski definition) is 6. The van der Waals surface area contributed by atoms with E-state index in [0.717, 1.165) is 39.1 Å². The third-order valence-electron chi connectivity index (χ3n) is 6.36. The molecule has 1 fully saturated rings. The Bertz CT molecular complexity index is 1290. The first-order valence-electron chi connectivity index (χ1n) is 11.3. The predicted molar refractivity (Wildman–Crippen MR) is 128 cm³/mol. The number of carbonyl (C=O) groups excluding carboxylic acids is 1. The number of benzene rings is 1. The van der Waals surface area contributed by atoms with Crippen LogP contribution < -0.4 is 4.90 Å². The minimum atomic E-state index is -0.963. The summed E-state index contributed by atoms with van der Waals surface area (Å²) in [6, 6.07) is 11.8. The maximum Gasteiger partial charge on any atom is 0.222 e. The first-order chi connectivity index (χ1) is 15.9. The molecule has 170 valence electrons. The van der Waals surface area contributed by atoms with E-state index in [-0.39, 0.29) is 5.91 Å². The molecule has 8 heteroatoms. The number of likely N-dealkylation sites (N-methyl/N-ethyl adjacent to an activating group) is 1. The van der Waals surface area contributed by atoms with E-state index in [0.29, 0.717) is 38.9 Å². The van der Waals surface area contributed by atoms with E-state index in [1.54, 1.807) is 18.1 Å². The topological polar surface area (TPSA) is 98.2 Å². The van der Waals surface area contributed by atoms with Gasteiger partial charge in [-0.25, -0.2) is 4.98 Å².